The Labute approximate surface area is 163 Å². The Bertz CT molecular complexity index is 668. The minimum absolute atomic E-state index is 0.103. The van der Waals surface area contributed by atoms with Crippen molar-refractivity contribution in [1.29, 1.82) is 0 Å². The van der Waals surface area contributed by atoms with Crippen molar-refractivity contribution >= 4 is 11.8 Å². The van der Waals surface area contributed by atoms with Gasteiger partial charge in [0.05, 0.1) is 13.5 Å². The fourth-order valence-electron chi connectivity index (χ4n) is 3.91. The zero-order valence-electron chi connectivity index (χ0n) is 17.5. The minimum atomic E-state index is 0.103. The van der Waals surface area contributed by atoms with Crippen LogP contribution in [0, 0.1) is 19.8 Å². The van der Waals surface area contributed by atoms with E-state index in [0.717, 1.165) is 48.2 Å². The average Bonchev–Trinajstić information content (AvgIpc) is 2.90. The van der Waals surface area contributed by atoms with E-state index in [2.05, 4.69) is 19.9 Å². The number of nitrogens with zero attached hydrogens (tertiary/aromatic N) is 2. The average molecular weight is 375 g/mol. The molecule has 0 spiro atoms. The second-order valence-corrected chi connectivity index (χ2v) is 7.51. The molecule has 2 amide bonds. The first-order valence-electron chi connectivity index (χ1n) is 10.1. The van der Waals surface area contributed by atoms with Crippen LogP contribution >= 0.6 is 0 Å². The summed E-state index contributed by atoms with van der Waals surface area (Å²) in [6, 6.07) is 4.07. The molecule has 0 unspecified atom stereocenters. The van der Waals surface area contributed by atoms with Crippen LogP contribution in [-0.4, -0.2) is 54.9 Å². The van der Waals surface area contributed by atoms with E-state index in [0.29, 0.717) is 26.1 Å². The van der Waals surface area contributed by atoms with Crippen LogP contribution in [0.2, 0.25) is 0 Å². The number of rotatable bonds is 6. The molecule has 5 nitrogen and oxygen atoms in total. The smallest absolute Gasteiger partial charge is 0.227 e. The van der Waals surface area contributed by atoms with Crippen LogP contribution in [-0.2, 0) is 16.0 Å². The van der Waals surface area contributed by atoms with Gasteiger partial charge in [-0.15, -0.1) is 0 Å². The van der Waals surface area contributed by atoms with Crippen molar-refractivity contribution in [2.45, 2.75) is 53.4 Å². The zero-order chi connectivity index (χ0) is 20.0. The Morgan fingerprint density at radius 3 is 2.30 bits per heavy atom. The van der Waals surface area contributed by atoms with Crippen LogP contribution in [0.15, 0.2) is 12.1 Å². The topological polar surface area (TPSA) is 49.9 Å². The first-order chi connectivity index (χ1) is 12.9. The molecule has 0 N–H and O–H groups in total. The highest BCUT2D eigenvalue weighted by Crippen LogP contribution is 2.25. The van der Waals surface area contributed by atoms with Crippen molar-refractivity contribution in [3.05, 3.63) is 28.8 Å². The molecular formula is C22H34N2O3. The predicted octanol–water partition coefficient (Wildman–Crippen LogP) is 3.35. The third-order valence-electron chi connectivity index (χ3n) is 5.62. The summed E-state index contributed by atoms with van der Waals surface area (Å²) in [6.07, 6.45) is 2.93. The number of hydrogen-bond acceptors (Lipinski definition) is 3. The first kappa shape index (κ1) is 21.3. The molecule has 1 saturated heterocycles. The van der Waals surface area contributed by atoms with Crippen molar-refractivity contribution in [1.82, 2.24) is 9.80 Å². The first-order valence-corrected chi connectivity index (χ1v) is 10.1. The molecule has 1 heterocycles. The number of aryl methyl sites for hydroxylation is 2. The van der Waals surface area contributed by atoms with Gasteiger partial charge in [0.1, 0.15) is 5.75 Å². The summed E-state index contributed by atoms with van der Waals surface area (Å²) in [7, 11) is 1.65. The Morgan fingerprint density at radius 1 is 1.04 bits per heavy atom. The summed E-state index contributed by atoms with van der Waals surface area (Å²) in [5, 5.41) is 0. The molecule has 0 radical (unpaired) electrons. The SMILES string of the molecule is CCC(CC)C(=O)N1CCCN(C(=O)Cc2c(C)cc(C)cc2OC)CC1. The van der Waals surface area contributed by atoms with Gasteiger partial charge in [0.25, 0.3) is 0 Å². The van der Waals surface area contributed by atoms with Crippen molar-refractivity contribution in [2.75, 3.05) is 33.3 Å². The molecular weight excluding hydrogens is 340 g/mol. The molecule has 27 heavy (non-hydrogen) atoms. The van der Waals surface area contributed by atoms with E-state index in [9.17, 15) is 9.59 Å². The molecule has 1 fully saturated rings. The molecule has 1 aromatic carbocycles. The van der Waals surface area contributed by atoms with Crippen LogP contribution in [0.25, 0.3) is 0 Å². The molecule has 2 rings (SSSR count). The highest BCUT2D eigenvalue weighted by molar-refractivity contribution is 5.81. The maximum absolute atomic E-state index is 12.9. The van der Waals surface area contributed by atoms with E-state index in [-0.39, 0.29) is 17.7 Å². The van der Waals surface area contributed by atoms with E-state index >= 15 is 0 Å². The molecule has 0 aromatic heterocycles. The van der Waals surface area contributed by atoms with E-state index in [1.807, 2.05) is 29.7 Å². The van der Waals surface area contributed by atoms with Gasteiger partial charge in [0.2, 0.25) is 11.8 Å². The lowest BCUT2D eigenvalue weighted by Crippen LogP contribution is -2.40. The Kier molecular flexibility index (Phi) is 7.69. The highest BCUT2D eigenvalue weighted by Gasteiger charge is 2.26. The van der Waals surface area contributed by atoms with Gasteiger partial charge in [-0.05, 0) is 50.3 Å². The van der Waals surface area contributed by atoms with Crippen molar-refractivity contribution < 1.29 is 14.3 Å². The molecule has 1 aliphatic heterocycles. The standard InChI is InChI=1S/C22H34N2O3/c1-6-18(7-2)22(26)24-10-8-9-23(11-12-24)21(25)15-19-17(4)13-16(3)14-20(19)27-5/h13-14,18H,6-12,15H2,1-5H3. The van der Waals surface area contributed by atoms with Gasteiger partial charge in [0, 0.05) is 37.7 Å². The van der Waals surface area contributed by atoms with Gasteiger partial charge < -0.3 is 14.5 Å². The van der Waals surface area contributed by atoms with E-state index in [1.54, 1.807) is 7.11 Å². The van der Waals surface area contributed by atoms with Crippen LogP contribution in [0.3, 0.4) is 0 Å². The number of methoxy groups -OCH3 is 1. The minimum Gasteiger partial charge on any atom is -0.496 e. The number of benzene rings is 1. The molecule has 5 heteroatoms. The van der Waals surface area contributed by atoms with Gasteiger partial charge >= 0.3 is 0 Å². The number of hydrogen-bond donors (Lipinski definition) is 0. The van der Waals surface area contributed by atoms with Gasteiger partial charge in [0.15, 0.2) is 0 Å². The third-order valence-corrected chi connectivity index (χ3v) is 5.62. The molecule has 0 atom stereocenters. The van der Waals surface area contributed by atoms with E-state index < -0.39 is 0 Å². The van der Waals surface area contributed by atoms with Crippen LogP contribution < -0.4 is 4.74 Å². The second kappa shape index (κ2) is 9.77. The number of ether oxygens (including phenoxy) is 1. The lowest BCUT2D eigenvalue weighted by molar-refractivity contribution is -0.136. The van der Waals surface area contributed by atoms with Crippen LogP contribution in [0.5, 0.6) is 5.75 Å². The Hall–Kier alpha value is -2.04. The Morgan fingerprint density at radius 2 is 1.67 bits per heavy atom. The summed E-state index contributed by atoms with van der Waals surface area (Å²) in [6.45, 7) is 10.9. The van der Waals surface area contributed by atoms with Gasteiger partial charge in [-0.2, -0.15) is 0 Å². The van der Waals surface area contributed by atoms with Crippen molar-refractivity contribution in [3.8, 4) is 5.75 Å². The molecule has 1 aromatic rings. The summed E-state index contributed by atoms with van der Waals surface area (Å²) < 4.78 is 5.50. The lowest BCUT2D eigenvalue weighted by atomic mass is 10.0. The largest absolute Gasteiger partial charge is 0.496 e. The van der Waals surface area contributed by atoms with E-state index in [4.69, 9.17) is 4.74 Å². The predicted molar refractivity (Wildman–Crippen MR) is 108 cm³/mol. The van der Waals surface area contributed by atoms with Crippen LogP contribution in [0.4, 0.5) is 0 Å². The van der Waals surface area contributed by atoms with Crippen molar-refractivity contribution in [3.63, 3.8) is 0 Å². The summed E-state index contributed by atoms with van der Waals surface area (Å²) in [5.74, 6) is 1.23. The molecule has 150 valence electrons. The fraction of sp³-hybridized carbons (Fsp3) is 0.636. The lowest BCUT2D eigenvalue weighted by Gasteiger charge is -2.25. The maximum Gasteiger partial charge on any atom is 0.227 e. The van der Waals surface area contributed by atoms with E-state index in [1.165, 1.54) is 0 Å². The Balaban J connectivity index is 2.04. The molecule has 0 bridgehead atoms. The van der Waals surface area contributed by atoms with Gasteiger partial charge in [-0.25, -0.2) is 0 Å². The van der Waals surface area contributed by atoms with Gasteiger partial charge in [-0.3, -0.25) is 9.59 Å². The zero-order valence-corrected chi connectivity index (χ0v) is 17.5. The monoisotopic (exact) mass is 374 g/mol. The molecule has 0 saturated carbocycles. The normalized spacial score (nSPS) is 15.0. The summed E-state index contributed by atoms with van der Waals surface area (Å²) >= 11 is 0. The van der Waals surface area contributed by atoms with Gasteiger partial charge in [-0.1, -0.05) is 19.9 Å². The summed E-state index contributed by atoms with van der Waals surface area (Å²) in [4.78, 5) is 29.4. The molecule has 1 aliphatic rings. The fourth-order valence-corrected chi connectivity index (χ4v) is 3.91. The van der Waals surface area contributed by atoms with Crippen molar-refractivity contribution in [2.24, 2.45) is 5.92 Å². The maximum atomic E-state index is 12.9. The second-order valence-electron chi connectivity index (χ2n) is 7.51. The number of carbonyl (C=O) groups is 2. The number of amides is 2. The summed E-state index contributed by atoms with van der Waals surface area (Å²) in [5.41, 5.74) is 3.17. The third kappa shape index (κ3) is 5.24. The highest BCUT2D eigenvalue weighted by atomic mass is 16.5. The number of carbonyl (C=O) groups excluding carboxylic acids is 2. The van der Waals surface area contributed by atoms with Crippen LogP contribution in [0.1, 0.15) is 49.8 Å². The quantitative estimate of drug-likeness (QED) is 0.767. The molecule has 0 aliphatic carbocycles.